The fraction of sp³-hybridized carbons (Fsp3) is 0.294. The Bertz CT molecular complexity index is 611. The van der Waals surface area contributed by atoms with Gasteiger partial charge in [-0.15, -0.1) is 0 Å². The Morgan fingerprint density at radius 1 is 1.05 bits per heavy atom. The maximum Gasteiger partial charge on any atom is 0.126 e. The molecule has 0 fully saturated rings. The fourth-order valence-electron chi connectivity index (χ4n) is 2.78. The van der Waals surface area contributed by atoms with Gasteiger partial charge in [-0.3, -0.25) is 0 Å². The molecule has 3 atom stereocenters. The minimum Gasteiger partial charge on any atom is -0.485 e. The van der Waals surface area contributed by atoms with Crippen molar-refractivity contribution in [2.24, 2.45) is 5.73 Å². The minimum absolute atomic E-state index is 0.121. The summed E-state index contributed by atoms with van der Waals surface area (Å²) in [5, 5.41) is 10.3. The van der Waals surface area contributed by atoms with E-state index in [-0.39, 0.29) is 12.1 Å². The second kappa shape index (κ2) is 5.27. The zero-order chi connectivity index (χ0) is 14.1. The van der Waals surface area contributed by atoms with Gasteiger partial charge in [-0.2, -0.15) is 0 Å². The summed E-state index contributed by atoms with van der Waals surface area (Å²) in [5.74, 6) is 0.723. The number of aliphatic hydroxyl groups is 1. The number of aliphatic hydroxyl groups excluding tert-OH is 1. The Balaban J connectivity index is 2.02. The zero-order valence-corrected chi connectivity index (χ0v) is 11.5. The van der Waals surface area contributed by atoms with Crippen molar-refractivity contribution in [2.75, 3.05) is 0 Å². The molecule has 20 heavy (non-hydrogen) atoms. The molecular formula is C17H19NO2. The summed E-state index contributed by atoms with van der Waals surface area (Å²) in [7, 11) is 0. The van der Waals surface area contributed by atoms with Gasteiger partial charge >= 0.3 is 0 Å². The van der Waals surface area contributed by atoms with E-state index in [2.05, 4.69) is 19.1 Å². The third-order valence-corrected chi connectivity index (χ3v) is 3.93. The van der Waals surface area contributed by atoms with Crippen LogP contribution in [0.5, 0.6) is 5.75 Å². The number of nitrogens with two attached hydrogens (primary N) is 1. The van der Waals surface area contributed by atoms with Crippen LogP contribution in [0.3, 0.4) is 0 Å². The van der Waals surface area contributed by atoms with E-state index in [4.69, 9.17) is 10.5 Å². The Kier molecular flexibility index (Phi) is 3.47. The van der Waals surface area contributed by atoms with Crippen molar-refractivity contribution < 1.29 is 9.84 Å². The van der Waals surface area contributed by atoms with E-state index in [1.165, 1.54) is 5.56 Å². The van der Waals surface area contributed by atoms with Crippen LogP contribution in [0.4, 0.5) is 0 Å². The van der Waals surface area contributed by atoms with Gasteiger partial charge in [-0.1, -0.05) is 42.5 Å². The van der Waals surface area contributed by atoms with Gasteiger partial charge in [0.15, 0.2) is 0 Å². The van der Waals surface area contributed by atoms with E-state index in [9.17, 15) is 5.11 Å². The van der Waals surface area contributed by atoms with Crippen molar-refractivity contribution in [1.29, 1.82) is 0 Å². The molecule has 3 N–H and O–H groups in total. The van der Waals surface area contributed by atoms with Crippen molar-refractivity contribution in [3.8, 4) is 5.75 Å². The number of aryl methyl sites for hydroxylation is 1. The Labute approximate surface area is 119 Å². The Morgan fingerprint density at radius 3 is 2.45 bits per heavy atom. The maximum absolute atomic E-state index is 10.3. The van der Waals surface area contributed by atoms with Crippen LogP contribution in [0.1, 0.15) is 35.3 Å². The lowest BCUT2D eigenvalue weighted by Crippen LogP contribution is -2.29. The first kappa shape index (κ1) is 13.2. The van der Waals surface area contributed by atoms with E-state index >= 15 is 0 Å². The number of hydrogen-bond acceptors (Lipinski definition) is 3. The summed E-state index contributed by atoms with van der Waals surface area (Å²) in [5.41, 5.74) is 9.23. The van der Waals surface area contributed by atoms with E-state index in [0.29, 0.717) is 6.42 Å². The molecule has 3 rings (SSSR count). The Hall–Kier alpha value is -1.84. The van der Waals surface area contributed by atoms with Crippen molar-refractivity contribution in [3.63, 3.8) is 0 Å². The molecule has 0 saturated carbocycles. The highest BCUT2D eigenvalue weighted by molar-refractivity contribution is 5.39. The molecule has 0 aliphatic carbocycles. The van der Waals surface area contributed by atoms with Crippen LogP contribution in [0.25, 0.3) is 0 Å². The highest BCUT2D eigenvalue weighted by atomic mass is 16.5. The van der Waals surface area contributed by atoms with Crippen LogP contribution < -0.4 is 10.5 Å². The number of benzene rings is 2. The first-order chi connectivity index (χ1) is 9.66. The number of ether oxygens (including phenoxy) is 1. The second-order valence-corrected chi connectivity index (χ2v) is 5.35. The molecule has 1 aliphatic heterocycles. The average Bonchev–Trinajstić information content (AvgIpc) is 2.58. The molecule has 3 nitrogen and oxygen atoms in total. The molecule has 1 heterocycles. The highest BCUT2D eigenvalue weighted by Gasteiger charge is 2.30. The number of fused-ring (bicyclic) bond motifs is 1. The lowest BCUT2D eigenvalue weighted by molar-refractivity contribution is 0.131. The molecule has 0 spiro atoms. The number of rotatable bonds is 1. The van der Waals surface area contributed by atoms with E-state index in [0.717, 1.165) is 16.9 Å². The first-order valence-electron chi connectivity index (χ1n) is 6.91. The van der Waals surface area contributed by atoms with Crippen molar-refractivity contribution in [2.45, 2.75) is 31.6 Å². The van der Waals surface area contributed by atoms with Gasteiger partial charge in [0.1, 0.15) is 11.9 Å². The van der Waals surface area contributed by atoms with Crippen LogP contribution in [-0.2, 0) is 0 Å². The normalized spacial score (nSPS) is 25.4. The smallest absolute Gasteiger partial charge is 0.126 e. The minimum atomic E-state index is -0.680. The van der Waals surface area contributed by atoms with Gasteiger partial charge in [-0.05, 0) is 24.1 Å². The van der Waals surface area contributed by atoms with E-state index in [1.54, 1.807) is 0 Å². The van der Waals surface area contributed by atoms with Crippen LogP contribution in [0.15, 0.2) is 48.5 Å². The standard InChI is InChI=1S/C17H19NO2/c1-11-6-2-3-7-12(11)16-10-14(18)17(19)13-8-4-5-9-15(13)20-16/h2-9,14,16-17,19H,10,18H2,1H3. The molecular weight excluding hydrogens is 250 g/mol. The number of hydrogen-bond donors (Lipinski definition) is 2. The lowest BCUT2D eigenvalue weighted by atomic mass is 9.95. The van der Waals surface area contributed by atoms with Gasteiger partial charge in [-0.25, -0.2) is 0 Å². The summed E-state index contributed by atoms with van der Waals surface area (Å²) in [6.45, 7) is 2.07. The largest absolute Gasteiger partial charge is 0.485 e. The molecule has 0 aromatic heterocycles. The topological polar surface area (TPSA) is 55.5 Å². The summed E-state index contributed by atoms with van der Waals surface area (Å²) in [4.78, 5) is 0. The predicted octanol–water partition coefficient (Wildman–Crippen LogP) is 2.88. The highest BCUT2D eigenvalue weighted by Crippen LogP contribution is 2.38. The molecule has 3 heteroatoms. The van der Waals surface area contributed by atoms with Crippen molar-refractivity contribution in [1.82, 2.24) is 0 Å². The lowest BCUT2D eigenvalue weighted by Gasteiger charge is -2.21. The molecule has 1 aliphatic rings. The fourth-order valence-corrected chi connectivity index (χ4v) is 2.78. The van der Waals surface area contributed by atoms with E-state index < -0.39 is 6.10 Å². The van der Waals surface area contributed by atoms with Gasteiger partial charge < -0.3 is 15.6 Å². The molecule has 0 saturated heterocycles. The van der Waals surface area contributed by atoms with Crippen LogP contribution in [0.2, 0.25) is 0 Å². The summed E-state index contributed by atoms with van der Waals surface area (Å²) in [6.07, 6.45) is -0.203. The monoisotopic (exact) mass is 269 g/mol. The van der Waals surface area contributed by atoms with Gasteiger partial charge in [0.05, 0.1) is 6.10 Å². The summed E-state index contributed by atoms with van der Waals surface area (Å²) >= 11 is 0. The third kappa shape index (κ3) is 2.30. The molecule has 104 valence electrons. The van der Waals surface area contributed by atoms with Gasteiger partial charge in [0, 0.05) is 18.0 Å². The zero-order valence-electron chi connectivity index (χ0n) is 11.5. The average molecular weight is 269 g/mol. The van der Waals surface area contributed by atoms with Crippen LogP contribution in [-0.4, -0.2) is 11.1 Å². The predicted molar refractivity (Wildman–Crippen MR) is 78.5 cm³/mol. The SMILES string of the molecule is Cc1ccccc1C1CC(N)C(O)c2ccccc2O1. The Morgan fingerprint density at radius 2 is 1.70 bits per heavy atom. The summed E-state index contributed by atoms with van der Waals surface area (Å²) < 4.78 is 6.12. The number of para-hydroxylation sites is 1. The van der Waals surface area contributed by atoms with Crippen LogP contribution in [0, 0.1) is 6.92 Å². The molecule has 0 bridgehead atoms. The molecule has 2 aromatic carbocycles. The molecule has 2 aromatic rings. The third-order valence-electron chi connectivity index (χ3n) is 3.93. The van der Waals surface area contributed by atoms with E-state index in [1.807, 2.05) is 36.4 Å². The molecule has 3 unspecified atom stereocenters. The van der Waals surface area contributed by atoms with Gasteiger partial charge in [0.25, 0.3) is 0 Å². The van der Waals surface area contributed by atoms with Crippen molar-refractivity contribution >= 4 is 0 Å². The van der Waals surface area contributed by atoms with Crippen LogP contribution >= 0.6 is 0 Å². The first-order valence-corrected chi connectivity index (χ1v) is 6.91. The van der Waals surface area contributed by atoms with Gasteiger partial charge in [0.2, 0.25) is 0 Å². The quantitative estimate of drug-likeness (QED) is 0.837. The summed E-state index contributed by atoms with van der Waals surface area (Å²) in [6, 6.07) is 15.4. The second-order valence-electron chi connectivity index (χ2n) is 5.35. The molecule has 0 amide bonds. The van der Waals surface area contributed by atoms with Crippen molar-refractivity contribution in [3.05, 3.63) is 65.2 Å². The molecule has 0 radical (unpaired) electrons. The maximum atomic E-state index is 10.3.